The summed E-state index contributed by atoms with van der Waals surface area (Å²) in [5.41, 5.74) is 0.987. The van der Waals surface area contributed by atoms with Crippen LogP contribution in [-0.4, -0.2) is 9.97 Å². The van der Waals surface area contributed by atoms with E-state index in [0.717, 1.165) is 17.3 Å². The molecule has 1 unspecified atom stereocenters. The Bertz CT molecular complexity index is 479. The average molecular weight is 217 g/mol. The van der Waals surface area contributed by atoms with Gasteiger partial charge in [0.15, 0.2) is 0 Å². The molecule has 0 aliphatic heterocycles. The van der Waals surface area contributed by atoms with Gasteiger partial charge in [-0.15, -0.1) is 0 Å². The van der Waals surface area contributed by atoms with E-state index in [1.807, 2.05) is 39.0 Å². The van der Waals surface area contributed by atoms with Crippen LogP contribution in [0.5, 0.6) is 0 Å². The fourth-order valence-corrected chi connectivity index (χ4v) is 1.48. The zero-order valence-corrected chi connectivity index (χ0v) is 9.69. The van der Waals surface area contributed by atoms with Crippen LogP contribution in [0.1, 0.15) is 30.3 Å². The molecule has 4 nitrogen and oxygen atoms in total. The van der Waals surface area contributed by atoms with Gasteiger partial charge in [0.05, 0.1) is 6.20 Å². The van der Waals surface area contributed by atoms with Crippen molar-refractivity contribution < 1.29 is 4.42 Å². The summed E-state index contributed by atoms with van der Waals surface area (Å²) in [6, 6.07) is 5.88. The molecule has 2 aromatic rings. The number of aryl methyl sites for hydroxylation is 2. The molecular formula is C12H15N3O. The number of hydrogen-bond acceptors (Lipinski definition) is 4. The second-order valence-electron chi connectivity index (χ2n) is 3.84. The summed E-state index contributed by atoms with van der Waals surface area (Å²) >= 11 is 0. The zero-order chi connectivity index (χ0) is 11.5. The van der Waals surface area contributed by atoms with E-state index in [1.165, 1.54) is 0 Å². The summed E-state index contributed by atoms with van der Waals surface area (Å²) in [7, 11) is 0. The lowest BCUT2D eigenvalue weighted by atomic mass is 10.3. The van der Waals surface area contributed by atoms with Crippen LogP contribution in [0.15, 0.2) is 28.8 Å². The lowest BCUT2D eigenvalue weighted by molar-refractivity contribution is 0.453. The van der Waals surface area contributed by atoms with Crippen LogP contribution in [-0.2, 0) is 0 Å². The largest absolute Gasteiger partial charge is 0.444 e. The second-order valence-corrected chi connectivity index (χ2v) is 3.84. The molecule has 0 radical (unpaired) electrons. The number of hydrogen-bond donors (Lipinski definition) is 1. The lowest BCUT2D eigenvalue weighted by Gasteiger charge is -2.11. The van der Waals surface area contributed by atoms with Crippen molar-refractivity contribution in [2.45, 2.75) is 26.8 Å². The second kappa shape index (κ2) is 4.35. The SMILES string of the molecule is Cc1cccc(NC(C)c2ncc(C)o2)n1. The van der Waals surface area contributed by atoms with Crippen molar-refractivity contribution in [1.29, 1.82) is 0 Å². The molecule has 2 heterocycles. The van der Waals surface area contributed by atoms with E-state index in [-0.39, 0.29) is 6.04 Å². The van der Waals surface area contributed by atoms with Gasteiger partial charge in [0, 0.05) is 5.69 Å². The third kappa shape index (κ3) is 2.39. The van der Waals surface area contributed by atoms with Crippen LogP contribution < -0.4 is 5.32 Å². The Morgan fingerprint density at radius 3 is 2.75 bits per heavy atom. The number of nitrogens with one attached hydrogen (secondary N) is 1. The summed E-state index contributed by atoms with van der Waals surface area (Å²) in [5, 5.41) is 3.24. The molecule has 0 saturated heterocycles. The Hall–Kier alpha value is -1.84. The van der Waals surface area contributed by atoms with Gasteiger partial charge in [-0.2, -0.15) is 0 Å². The number of nitrogens with zero attached hydrogens (tertiary/aromatic N) is 2. The summed E-state index contributed by atoms with van der Waals surface area (Å²) in [4.78, 5) is 8.54. The van der Waals surface area contributed by atoms with E-state index in [9.17, 15) is 0 Å². The normalized spacial score (nSPS) is 12.4. The highest BCUT2D eigenvalue weighted by molar-refractivity contribution is 5.36. The van der Waals surface area contributed by atoms with Gasteiger partial charge >= 0.3 is 0 Å². The van der Waals surface area contributed by atoms with Crippen LogP contribution in [0.3, 0.4) is 0 Å². The van der Waals surface area contributed by atoms with Gasteiger partial charge in [-0.1, -0.05) is 6.07 Å². The number of rotatable bonds is 3. The Kier molecular flexibility index (Phi) is 2.90. The Balaban J connectivity index is 2.10. The highest BCUT2D eigenvalue weighted by Crippen LogP contribution is 2.17. The third-order valence-electron chi connectivity index (χ3n) is 2.26. The van der Waals surface area contributed by atoms with Crippen LogP contribution in [0.2, 0.25) is 0 Å². The quantitative estimate of drug-likeness (QED) is 0.858. The molecule has 0 spiro atoms. The van der Waals surface area contributed by atoms with Crippen LogP contribution in [0.4, 0.5) is 5.82 Å². The summed E-state index contributed by atoms with van der Waals surface area (Å²) in [6.07, 6.45) is 1.72. The van der Waals surface area contributed by atoms with Gasteiger partial charge in [-0.25, -0.2) is 9.97 Å². The first-order chi connectivity index (χ1) is 7.65. The smallest absolute Gasteiger partial charge is 0.216 e. The first-order valence-electron chi connectivity index (χ1n) is 5.27. The van der Waals surface area contributed by atoms with E-state index >= 15 is 0 Å². The molecule has 0 amide bonds. The maximum Gasteiger partial charge on any atom is 0.216 e. The molecule has 84 valence electrons. The molecule has 1 atom stereocenters. The summed E-state index contributed by atoms with van der Waals surface area (Å²) in [6.45, 7) is 5.84. The predicted molar refractivity (Wildman–Crippen MR) is 62.3 cm³/mol. The van der Waals surface area contributed by atoms with Crippen molar-refractivity contribution in [2.75, 3.05) is 5.32 Å². The molecular weight excluding hydrogens is 202 g/mol. The van der Waals surface area contributed by atoms with Gasteiger partial charge in [0.25, 0.3) is 0 Å². The molecule has 0 saturated carbocycles. The number of pyridine rings is 1. The van der Waals surface area contributed by atoms with Gasteiger partial charge in [0.2, 0.25) is 5.89 Å². The molecule has 0 aliphatic rings. The topological polar surface area (TPSA) is 51.0 Å². The maximum absolute atomic E-state index is 5.45. The van der Waals surface area contributed by atoms with Gasteiger partial charge < -0.3 is 9.73 Å². The molecule has 0 aliphatic carbocycles. The number of anilines is 1. The molecule has 16 heavy (non-hydrogen) atoms. The monoisotopic (exact) mass is 217 g/mol. The highest BCUT2D eigenvalue weighted by Gasteiger charge is 2.11. The molecule has 0 aromatic carbocycles. The van der Waals surface area contributed by atoms with Crippen molar-refractivity contribution >= 4 is 5.82 Å². The summed E-state index contributed by atoms with van der Waals surface area (Å²) < 4.78 is 5.45. The molecule has 2 rings (SSSR count). The van der Waals surface area contributed by atoms with E-state index in [4.69, 9.17) is 4.42 Å². The Labute approximate surface area is 94.7 Å². The standard InChI is InChI=1S/C12H15N3O/c1-8-5-4-6-11(14-8)15-10(3)12-13-7-9(2)16-12/h4-7,10H,1-3H3,(H,14,15). The molecule has 0 bridgehead atoms. The fourth-order valence-electron chi connectivity index (χ4n) is 1.48. The van der Waals surface area contributed by atoms with Crippen molar-refractivity contribution in [3.63, 3.8) is 0 Å². The first kappa shape index (κ1) is 10.7. The first-order valence-corrected chi connectivity index (χ1v) is 5.27. The van der Waals surface area contributed by atoms with E-state index in [2.05, 4.69) is 15.3 Å². The Morgan fingerprint density at radius 1 is 1.31 bits per heavy atom. The van der Waals surface area contributed by atoms with Gasteiger partial charge in [0.1, 0.15) is 17.6 Å². The van der Waals surface area contributed by atoms with E-state index in [1.54, 1.807) is 6.20 Å². The summed E-state index contributed by atoms with van der Waals surface area (Å²) in [5.74, 6) is 2.34. The molecule has 4 heteroatoms. The molecule has 1 N–H and O–H groups in total. The molecule has 0 fully saturated rings. The lowest BCUT2D eigenvalue weighted by Crippen LogP contribution is -2.08. The minimum absolute atomic E-state index is 0.0167. The molecule has 2 aromatic heterocycles. The van der Waals surface area contributed by atoms with Crippen LogP contribution in [0, 0.1) is 13.8 Å². The minimum Gasteiger partial charge on any atom is -0.444 e. The van der Waals surface area contributed by atoms with Gasteiger partial charge in [-0.3, -0.25) is 0 Å². The van der Waals surface area contributed by atoms with Crippen molar-refractivity contribution in [3.05, 3.63) is 41.7 Å². The Morgan fingerprint density at radius 2 is 2.12 bits per heavy atom. The van der Waals surface area contributed by atoms with Gasteiger partial charge in [-0.05, 0) is 32.9 Å². The zero-order valence-electron chi connectivity index (χ0n) is 9.69. The van der Waals surface area contributed by atoms with Crippen LogP contribution in [0.25, 0.3) is 0 Å². The van der Waals surface area contributed by atoms with E-state index < -0.39 is 0 Å². The predicted octanol–water partition coefficient (Wildman–Crippen LogP) is 2.86. The van der Waals surface area contributed by atoms with Crippen molar-refractivity contribution in [3.8, 4) is 0 Å². The van der Waals surface area contributed by atoms with Crippen molar-refractivity contribution in [2.24, 2.45) is 0 Å². The third-order valence-corrected chi connectivity index (χ3v) is 2.26. The maximum atomic E-state index is 5.45. The highest BCUT2D eigenvalue weighted by atomic mass is 16.4. The van der Waals surface area contributed by atoms with Crippen molar-refractivity contribution in [1.82, 2.24) is 9.97 Å². The number of aromatic nitrogens is 2. The van der Waals surface area contributed by atoms with Crippen LogP contribution >= 0.6 is 0 Å². The minimum atomic E-state index is 0.0167. The average Bonchev–Trinajstić information content (AvgIpc) is 2.65. The van der Waals surface area contributed by atoms with E-state index in [0.29, 0.717) is 5.89 Å². The fraction of sp³-hybridized carbons (Fsp3) is 0.333. The number of oxazole rings is 1.